The molecule has 2 aliphatic heterocycles. The van der Waals surface area contributed by atoms with Crippen molar-refractivity contribution >= 4 is 44.9 Å². The third kappa shape index (κ3) is 3.13. The van der Waals surface area contributed by atoms with E-state index in [2.05, 4.69) is 10.2 Å². The maximum Gasteiger partial charge on any atom is 0.297 e. The Hall–Kier alpha value is -4.70. The van der Waals surface area contributed by atoms with Crippen LogP contribution in [0.4, 0.5) is 15.2 Å². The average molecular weight is 553 g/mol. The van der Waals surface area contributed by atoms with E-state index in [0.717, 1.165) is 23.3 Å². The molecule has 198 valence electrons. The van der Waals surface area contributed by atoms with Gasteiger partial charge >= 0.3 is 0 Å². The maximum atomic E-state index is 14.9. The van der Waals surface area contributed by atoms with Crippen molar-refractivity contribution in [3.8, 4) is 0 Å². The average Bonchev–Trinajstić information content (AvgIpc) is 3.60. The molecular weight excluding hydrogens is 531 g/mol. The number of para-hydroxylation sites is 1. The van der Waals surface area contributed by atoms with Crippen LogP contribution in [-0.2, 0) is 23.3 Å². The van der Waals surface area contributed by atoms with Gasteiger partial charge in [0.05, 0.1) is 23.2 Å². The zero-order chi connectivity index (χ0) is 27.8. The number of anilines is 2. The summed E-state index contributed by atoms with van der Waals surface area (Å²) in [7, 11) is 0. The Morgan fingerprint density at radius 3 is 2.55 bits per heavy atom. The van der Waals surface area contributed by atoms with Gasteiger partial charge < -0.3 is 9.32 Å². The number of halogens is 1. The van der Waals surface area contributed by atoms with Gasteiger partial charge in [-0.1, -0.05) is 60.7 Å². The summed E-state index contributed by atoms with van der Waals surface area (Å²) in [4.78, 5) is 46.1. The van der Waals surface area contributed by atoms with Crippen LogP contribution in [0.15, 0.2) is 75.9 Å². The minimum Gasteiger partial charge on any atom is -0.450 e. The number of aromatic nitrogens is 2. The van der Waals surface area contributed by atoms with Crippen LogP contribution in [0.2, 0.25) is 0 Å². The van der Waals surface area contributed by atoms with Gasteiger partial charge in [0.2, 0.25) is 10.9 Å². The Balaban J connectivity index is 1.56. The fourth-order valence-corrected chi connectivity index (χ4v) is 6.56. The predicted octanol–water partition coefficient (Wildman–Crippen LogP) is 5.11. The van der Waals surface area contributed by atoms with Crippen LogP contribution in [0.3, 0.4) is 0 Å². The van der Waals surface area contributed by atoms with Crippen LogP contribution >= 0.6 is 11.3 Å². The van der Waals surface area contributed by atoms with Crippen LogP contribution in [0.1, 0.15) is 44.7 Å². The second-order valence-corrected chi connectivity index (χ2v) is 10.8. The van der Waals surface area contributed by atoms with Crippen LogP contribution in [0.5, 0.6) is 0 Å². The highest BCUT2D eigenvalue weighted by Gasteiger charge is 2.66. The van der Waals surface area contributed by atoms with Crippen molar-refractivity contribution in [3.05, 3.63) is 116 Å². The molecule has 1 unspecified atom stereocenters. The largest absolute Gasteiger partial charge is 0.450 e. The summed E-state index contributed by atoms with van der Waals surface area (Å²) < 4.78 is 20.3. The Morgan fingerprint density at radius 2 is 1.77 bits per heavy atom. The fourth-order valence-electron chi connectivity index (χ4n) is 5.73. The molecule has 0 aliphatic carbocycles. The van der Waals surface area contributed by atoms with E-state index in [1.165, 1.54) is 22.3 Å². The lowest BCUT2D eigenvalue weighted by Gasteiger charge is -2.32. The molecule has 3 aromatic carbocycles. The molecule has 0 fully saturated rings. The highest BCUT2D eigenvalue weighted by atomic mass is 32.1. The summed E-state index contributed by atoms with van der Waals surface area (Å²) in [5, 5.41) is 9.23. The highest BCUT2D eigenvalue weighted by Crippen LogP contribution is 2.54. The molecule has 2 aliphatic rings. The molecule has 40 heavy (non-hydrogen) atoms. The Labute approximate surface area is 231 Å². The minimum atomic E-state index is -1.91. The second kappa shape index (κ2) is 8.65. The first-order valence-electron chi connectivity index (χ1n) is 12.8. The lowest BCUT2D eigenvalue weighted by Crippen LogP contribution is -2.53. The first-order valence-corrected chi connectivity index (χ1v) is 13.6. The Kier molecular flexibility index (Phi) is 5.27. The summed E-state index contributed by atoms with van der Waals surface area (Å²) in [6, 6.07) is 18.3. The molecule has 0 N–H and O–H groups in total. The van der Waals surface area contributed by atoms with E-state index in [0.29, 0.717) is 22.7 Å². The molecule has 4 heterocycles. The van der Waals surface area contributed by atoms with Crippen LogP contribution in [0, 0.1) is 12.7 Å². The molecule has 2 aromatic heterocycles. The fraction of sp³-hybridized carbons (Fsp3) is 0.167. The van der Waals surface area contributed by atoms with Gasteiger partial charge in [0.1, 0.15) is 16.4 Å². The van der Waals surface area contributed by atoms with Crippen molar-refractivity contribution in [1.82, 2.24) is 10.2 Å². The summed E-state index contributed by atoms with van der Waals surface area (Å²) in [5.41, 5.74) is 0.259. The molecule has 8 nitrogen and oxygen atoms in total. The number of carbonyl (C=O) groups is 2. The van der Waals surface area contributed by atoms with Gasteiger partial charge in [-0.25, -0.2) is 4.39 Å². The summed E-state index contributed by atoms with van der Waals surface area (Å²) in [6.45, 7) is 4.08. The molecular formula is C30H21FN4O4S. The molecule has 0 saturated heterocycles. The third-order valence-corrected chi connectivity index (χ3v) is 8.68. The standard InChI is InChI=1S/C30H21FN4O4S/c1-3-23-32-33-29(40-23)35-27(37)26-24(25(36)19-14-18(31)12-13-22(19)39-26)30(35)20-10-6-7-11-21(20)34(28(30)38)15-17-9-5-4-8-16(17)2/h4-14H,3,15H2,1-2H3. The van der Waals surface area contributed by atoms with Crippen LogP contribution in [0.25, 0.3) is 11.0 Å². The SMILES string of the molecule is CCc1nnc(N2C(=O)c3oc4ccc(F)cc4c(=O)c3C23C(=O)N(Cc2ccccc2C)c2ccccc23)s1. The van der Waals surface area contributed by atoms with Crippen molar-refractivity contribution in [2.45, 2.75) is 32.4 Å². The number of benzene rings is 3. The molecule has 10 heteroatoms. The summed E-state index contributed by atoms with van der Waals surface area (Å²) in [6.07, 6.45) is 0.573. The molecule has 2 amide bonds. The van der Waals surface area contributed by atoms with E-state index < -0.39 is 28.6 Å². The van der Waals surface area contributed by atoms with Crippen molar-refractivity contribution in [2.24, 2.45) is 0 Å². The van der Waals surface area contributed by atoms with E-state index >= 15 is 0 Å². The number of amides is 2. The first-order chi connectivity index (χ1) is 19.4. The lowest BCUT2D eigenvalue weighted by molar-refractivity contribution is -0.121. The van der Waals surface area contributed by atoms with Crippen molar-refractivity contribution in [1.29, 1.82) is 0 Å². The van der Waals surface area contributed by atoms with Crippen LogP contribution in [-0.4, -0.2) is 22.0 Å². The summed E-state index contributed by atoms with van der Waals surface area (Å²) >= 11 is 1.17. The van der Waals surface area contributed by atoms with Crippen LogP contribution < -0.4 is 15.2 Å². The van der Waals surface area contributed by atoms with Crippen molar-refractivity contribution in [3.63, 3.8) is 0 Å². The molecule has 1 atom stereocenters. The smallest absolute Gasteiger partial charge is 0.297 e. The van der Waals surface area contributed by atoms with E-state index in [-0.39, 0.29) is 34.0 Å². The van der Waals surface area contributed by atoms with Gasteiger partial charge in [-0.3, -0.25) is 19.3 Å². The number of hydrogen-bond donors (Lipinski definition) is 0. The predicted molar refractivity (Wildman–Crippen MR) is 148 cm³/mol. The van der Waals surface area contributed by atoms with Gasteiger partial charge in [-0.15, -0.1) is 10.2 Å². The van der Waals surface area contributed by atoms with Gasteiger partial charge in [0.15, 0.2) is 11.0 Å². The van der Waals surface area contributed by atoms with Crippen molar-refractivity contribution in [2.75, 3.05) is 9.80 Å². The van der Waals surface area contributed by atoms with Gasteiger partial charge in [-0.05, 0) is 48.7 Å². The van der Waals surface area contributed by atoms with E-state index in [4.69, 9.17) is 4.42 Å². The Bertz CT molecular complexity index is 1950. The second-order valence-electron chi connectivity index (χ2n) is 9.79. The molecule has 0 bridgehead atoms. The number of nitrogens with zero attached hydrogens (tertiary/aromatic N) is 4. The van der Waals surface area contributed by atoms with Gasteiger partial charge in [0, 0.05) is 5.56 Å². The molecule has 0 saturated carbocycles. The number of rotatable bonds is 4. The molecule has 0 radical (unpaired) electrons. The number of aryl methyl sites for hydroxylation is 2. The molecule has 1 spiro atoms. The van der Waals surface area contributed by atoms with E-state index in [1.807, 2.05) is 38.1 Å². The van der Waals surface area contributed by atoms with Crippen molar-refractivity contribution < 1.29 is 18.4 Å². The summed E-state index contributed by atoms with van der Waals surface area (Å²) in [5.74, 6) is -2.08. The number of fused-ring (bicyclic) bond motifs is 5. The zero-order valence-electron chi connectivity index (χ0n) is 21.5. The van der Waals surface area contributed by atoms with Gasteiger partial charge in [-0.2, -0.15) is 0 Å². The zero-order valence-corrected chi connectivity index (χ0v) is 22.3. The maximum absolute atomic E-state index is 14.9. The minimum absolute atomic E-state index is 0.0532. The van der Waals surface area contributed by atoms with Gasteiger partial charge in [0.25, 0.3) is 11.8 Å². The quantitative estimate of drug-likeness (QED) is 0.308. The molecule has 7 rings (SSSR count). The first kappa shape index (κ1) is 24.3. The Morgan fingerprint density at radius 1 is 1.00 bits per heavy atom. The van der Waals surface area contributed by atoms with E-state index in [9.17, 15) is 18.8 Å². The third-order valence-electron chi connectivity index (χ3n) is 7.63. The number of hydrogen-bond acceptors (Lipinski definition) is 7. The molecule has 5 aromatic rings. The topological polar surface area (TPSA) is 96.6 Å². The monoisotopic (exact) mass is 552 g/mol. The van der Waals surface area contributed by atoms with E-state index in [1.54, 1.807) is 29.2 Å². The lowest BCUT2D eigenvalue weighted by atomic mass is 9.84. The number of carbonyl (C=O) groups excluding carboxylic acids is 2. The normalized spacial score (nSPS) is 17.8. The highest BCUT2D eigenvalue weighted by molar-refractivity contribution is 7.15.